The molecule has 2 aromatic rings. The summed E-state index contributed by atoms with van der Waals surface area (Å²) in [6.07, 6.45) is 5.68. The lowest BCUT2D eigenvalue weighted by atomic mass is 10.2. The molecule has 3 heterocycles. The van der Waals surface area contributed by atoms with Crippen molar-refractivity contribution < 1.29 is 13.2 Å². The zero-order chi connectivity index (χ0) is 17.3. The van der Waals surface area contributed by atoms with Crippen LogP contribution in [0, 0.1) is 0 Å². The molecule has 0 bridgehead atoms. The smallest absolute Gasteiger partial charge is 0.262 e. The SMILES string of the molecule is CN(C)c1nccnc1C1CN(S(=O)(=O)c2cn(C)cn2)CCO1. The number of morpholine rings is 1. The molecule has 0 aliphatic carbocycles. The minimum Gasteiger partial charge on any atom is -0.369 e. The number of hydrogen-bond donors (Lipinski definition) is 0. The first kappa shape index (κ1) is 16.8. The molecular weight excluding hydrogens is 332 g/mol. The van der Waals surface area contributed by atoms with E-state index in [9.17, 15) is 8.42 Å². The number of hydrogen-bond acceptors (Lipinski definition) is 7. The van der Waals surface area contributed by atoms with E-state index < -0.39 is 16.1 Å². The van der Waals surface area contributed by atoms with Crippen LogP contribution in [0.4, 0.5) is 5.82 Å². The summed E-state index contributed by atoms with van der Waals surface area (Å²) in [7, 11) is 1.80. The van der Waals surface area contributed by atoms with E-state index in [0.29, 0.717) is 18.1 Å². The van der Waals surface area contributed by atoms with Gasteiger partial charge in [-0.15, -0.1) is 0 Å². The number of rotatable bonds is 4. The molecule has 24 heavy (non-hydrogen) atoms. The van der Waals surface area contributed by atoms with Gasteiger partial charge in [0.15, 0.2) is 10.8 Å². The maximum Gasteiger partial charge on any atom is 0.262 e. The van der Waals surface area contributed by atoms with Crippen molar-refractivity contribution >= 4 is 15.8 Å². The van der Waals surface area contributed by atoms with Crippen molar-refractivity contribution in [2.75, 3.05) is 38.7 Å². The molecule has 10 heteroatoms. The van der Waals surface area contributed by atoms with Crippen molar-refractivity contribution in [3.05, 3.63) is 30.6 Å². The molecule has 1 aliphatic rings. The number of anilines is 1. The van der Waals surface area contributed by atoms with E-state index in [1.807, 2.05) is 19.0 Å². The minimum absolute atomic E-state index is 0.0395. The van der Waals surface area contributed by atoms with Crippen LogP contribution in [0.1, 0.15) is 11.8 Å². The number of sulfonamides is 1. The third-order valence-corrected chi connectivity index (χ3v) is 5.50. The second kappa shape index (κ2) is 6.46. The van der Waals surface area contributed by atoms with Crippen molar-refractivity contribution in [2.45, 2.75) is 11.1 Å². The van der Waals surface area contributed by atoms with Crippen LogP contribution in [-0.4, -0.2) is 66.0 Å². The summed E-state index contributed by atoms with van der Waals surface area (Å²) in [5.74, 6) is 0.666. The Morgan fingerprint density at radius 2 is 2.00 bits per heavy atom. The molecule has 1 aliphatic heterocycles. The van der Waals surface area contributed by atoms with Gasteiger partial charge in [-0.05, 0) is 0 Å². The van der Waals surface area contributed by atoms with Gasteiger partial charge < -0.3 is 14.2 Å². The fraction of sp³-hybridized carbons (Fsp3) is 0.500. The Labute approximate surface area is 141 Å². The fourth-order valence-corrected chi connectivity index (χ4v) is 3.97. The Morgan fingerprint density at radius 1 is 1.25 bits per heavy atom. The summed E-state index contributed by atoms with van der Waals surface area (Å²) in [6.45, 7) is 0.756. The zero-order valence-electron chi connectivity index (χ0n) is 13.8. The third-order valence-electron chi connectivity index (χ3n) is 3.75. The maximum absolute atomic E-state index is 12.7. The number of nitrogens with zero attached hydrogens (tertiary/aromatic N) is 6. The highest BCUT2D eigenvalue weighted by atomic mass is 32.2. The molecule has 0 N–H and O–H groups in total. The molecule has 0 radical (unpaired) electrons. The second-order valence-corrected chi connectivity index (χ2v) is 7.64. The molecule has 3 rings (SSSR count). The standard InChI is InChI=1S/C14H20N6O3S/c1-18(2)14-13(15-4-5-16-14)11-8-20(6-7-23-11)24(21,22)12-9-19(3)10-17-12/h4-5,9-11H,6-8H2,1-3H3. The van der Waals surface area contributed by atoms with E-state index in [2.05, 4.69) is 15.0 Å². The average Bonchev–Trinajstić information content (AvgIpc) is 3.02. The van der Waals surface area contributed by atoms with Gasteiger partial charge in [-0.25, -0.2) is 18.4 Å². The first-order valence-electron chi connectivity index (χ1n) is 7.47. The van der Waals surface area contributed by atoms with Gasteiger partial charge in [-0.1, -0.05) is 0 Å². The Kier molecular flexibility index (Phi) is 4.52. The van der Waals surface area contributed by atoms with E-state index in [1.165, 1.54) is 16.8 Å². The van der Waals surface area contributed by atoms with Crippen LogP contribution < -0.4 is 4.90 Å². The summed E-state index contributed by atoms with van der Waals surface area (Å²) in [5.41, 5.74) is 0.628. The highest BCUT2D eigenvalue weighted by molar-refractivity contribution is 7.89. The van der Waals surface area contributed by atoms with E-state index >= 15 is 0 Å². The largest absolute Gasteiger partial charge is 0.369 e. The first-order valence-corrected chi connectivity index (χ1v) is 8.91. The number of ether oxygens (including phenoxy) is 1. The van der Waals surface area contributed by atoms with Crippen LogP contribution in [0.25, 0.3) is 0 Å². The fourth-order valence-electron chi connectivity index (χ4n) is 2.58. The van der Waals surface area contributed by atoms with Crippen molar-refractivity contribution in [1.82, 2.24) is 23.8 Å². The molecule has 0 saturated carbocycles. The quantitative estimate of drug-likeness (QED) is 0.767. The van der Waals surface area contributed by atoms with E-state index in [-0.39, 0.29) is 18.1 Å². The zero-order valence-corrected chi connectivity index (χ0v) is 14.6. The lowest BCUT2D eigenvalue weighted by molar-refractivity contribution is -0.00487. The van der Waals surface area contributed by atoms with Gasteiger partial charge in [0.2, 0.25) is 0 Å². The van der Waals surface area contributed by atoms with E-state index in [0.717, 1.165) is 0 Å². The topological polar surface area (TPSA) is 93.5 Å². The Bertz CT molecular complexity index is 819. The summed E-state index contributed by atoms with van der Waals surface area (Å²) < 4.78 is 34.2. The number of aromatic nitrogens is 4. The molecule has 9 nitrogen and oxygen atoms in total. The average molecular weight is 352 g/mol. The number of aryl methyl sites for hydroxylation is 1. The lowest BCUT2D eigenvalue weighted by Gasteiger charge is -2.32. The Balaban J connectivity index is 1.88. The first-order chi connectivity index (χ1) is 11.4. The molecular formula is C14H20N6O3S. The molecule has 1 atom stereocenters. The van der Waals surface area contributed by atoms with Gasteiger partial charge in [0.05, 0.1) is 12.9 Å². The van der Waals surface area contributed by atoms with Gasteiger partial charge >= 0.3 is 0 Å². The highest BCUT2D eigenvalue weighted by Crippen LogP contribution is 2.28. The van der Waals surface area contributed by atoms with Crippen molar-refractivity contribution in [1.29, 1.82) is 0 Å². The second-order valence-electron chi connectivity index (χ2n) is 5.76. The van der Waals surface area contributed by atoms with Crippen LogP contribution in [-0.2, 0) is 21.8 Å². The van der Waals surface area contributed by atoms with Gasteiger partial charge in [0.1, 0.15) is 11.8 Å². The summed E-state index contributed by atoms with van der Waals surface area (Å²) in [6, 6.07) is 0. The molecule has 1 saturated heterocycles. The van der Waals surface area contributed by atoms with Crippen LogP contribution in [0.15, 0.2) is 29.9 Å². The van der Waals surface area contributed by atoms with Crippen molar-refractivity contribution in [2.24, 2.45) is 7.05 Å². The van der Waals surface area contributed by atoms with E-state index in [4.69, 9.17) is 4.74 Å². The Morgan fingerprint density at radius 3 is 2.67 bits per heavy atom. The van der Waals surface area contributed by atoms with Crippen molar-refractivity contribution in [3.63, 3.8) is 0 Å². The van der Waals surface area contributed by atoms with Crippen LogP contribution >= 0.6 is 0 Å². The van der Waals surface area contributed by atoms with Gasteiger partial charge in [-0.2, -0.15) is 4.31 Å². The maximum atomic E-state index is 12.7. The molecule has 0 spiro atoms. The monoisotopic (exact) mass is 352 g/mol. The summed E-state index contributed by atoms with van der Waals surface area (Å²) in [4.78, 5) is 14.4. The predicted molar refractivity (Wildman–Crippen MR) is 87.0 cm³/mol. The van der Waals surface area contributed by atoms with E-state index in [1.54, 1.807) is 24.0 Å². The molecule has 130 valence electrons. The Hall–Kier alpha value is -2.04. The molecule has 0 aromatic carbocycles. The van der Waals surface area contributed by atoms with Gasteiger partial charge in [0, 0.05) is 52.8 Å². The van der Waals surface area contributed by atoms with Crippen LogP contribution in [0.2, 0.25) is 0 Å². The van der Waals surface area contributed by atoms with Crippen LogP contribution in [0.5, 0.6) is 0 Å². The normalized spacial score (nSPS) is 19.4. The third kappa shape index (κ3) is 3.12. The molecule has 2 aromatic heterocycles. The van der Waals surface area contributed by atoms with Crippen molar-refractivity contribution in [3.8, 4) is 0 Å². The summed E-state index contributed by atoms with van der Waals surface area (Å²) in [5, 5.41) is 0.0395. The molecule has 0 amide bonds. The minimum atomic E-state index is -3.66. The van der Waals surface area contributed by atoms with Crippen LogP contribution in [0.3, 0.4) is 0 Å². The molecule has 1 fully saturated rings. The summed E-state index contributed by atoms with van der Waals surface area (Å²) >= 11 is 0. The van der Waals surface area contributed by atoms with Gasteiger partial charge in [-0.3, -0.25) is 4.98 Å². The highest BCUT2D eigenvalue weighted by Gasteiger charge is 2.34. The predicted octanol–water partition coefficient (Wildman–Crippen LogP) is 0.0383. The number of imidazole rings is 1. The molecule has 1 unspecified atom stereocenters. The van der Waals surface area contributed by atoms with Gasteiger partial charge in [0.25, 0.3) is 10.0 Å². The lowest BCUT2D eigenvalue weighted by Crippen LogP contribution is -2.42.